The van der Waals surface area contributed by atoms with Crippen LogP contribution < -0.4 is 10.3 Å². The summed E-state index contributed by atoms with van der Waals surface area (Å²) in [5.41, 5.74) is 1.44. The molecule has 0 unspecified atom stereocenters. The fraction of sp³-hybridized carbons (Fsp3) is 0.0952. The van der Waals surface area contributed by atoms with Gasteiger partial charge in [-0.1, -0.05) is 35.3 Å². The second-order valence-electron chi connectivity index (χ2n) is 6.96. The minimum absolute atomic E-state index is 0.0533. The minimum Gasteiger partial charge on any atom is -0.280 e. The first-order valence-electron chi connectivity index (χ1n) is 9.10. The van der Waals surface area contributed by atoms with E-state index in [1.807, 2.05) is 0 Å². The Labute approximate surface area is 187 Å². The monoisotopic (exact) mass is 479 g/mol. The third kappa shape index (κ3) is 4.19. The number of nitrogens with zero attached hydrogens (tertiary/aromatic N) is 1. The summed E-state index contributed by atoms with van der Waals surface area (Å²) in [5, 5.41) is 3.57. The average molecular weight is 480 g/mol. The van der Waals surface area contributed by atoms with Crippen molar-refractivity contribution in [2.75, 3.05) is 4.72 Å². The molecule has 0 radical (unpaired) electrons. The standard InChI is InChI=1S/C21H16Cl2FN3O3S/c1-12-17(22)3-2-4-20(12)31(29,30)26-15-7-8-19-16(10-15)21(28)25-27(19)11-13-5-6-14(24)9-18(13)23/h2-10,26H,11H2,1H3,(H,25,28). The number of nitrogens with one attached hydrogen (secondary N) is 2. The third-order valence-electron chi connectivity index (χ3n) is 4.87. The van der Waals surface area contributed by atoms with Crippen molar-refractivity contribution in [3.8, 4) is 0 Å². The highest BCUT2D eigenvalue weighted by Crippen LogP contribution is 2.26. The molecule has 160 valence electrons. The van der Waals surface area contributed by atoms with Gasteiger partial charge >= 0.3 is 0 Å². The Hall–Kier alpha value is -2.81. The molecule has 4 rings (SSSR count). The van der Waals surface area contributed by atoms with E-state index in [-0.39, 0.29) is 22.2 Å². The zero-order chi connectivity index (χ0) is 22.3. The van der Waals surface area contributed by atoms with Crippen LogP contribution in [0.5, 0.6) is 0 Å². The summed E-state index contributed by atoms with van der Waals surface area (Å²) in [7, 11) is -3.91. The largest absolute Gasteiger partial charge is 0.280 e. The van der Waals surface area contributed by atoms with Crippen molar-refractivity contribution < 1.29 is 12.8 Å². The van der Waals surface area contributed by atoms with Gasteiger partial charge in [-0.2, -0.15) is 0 Å². The van der Waals surface area contributed by atoms with Gasteiger partial charge in [-0.25, -0.2) is 12.8 Å². The van der Waals surface area contributed by atoms with Gasteiger partial charge < -0.3 is 0 Å². The second kappa shape index (κ2) is 8.03. The van der Waals surface area contributed by atoms with Crippen LogP contribution in [0.3, 0.4) is 0 Å². The van der Waals surface area contributed by atoms with Gasteiger partial charge in [0.05, 0.1) is 22.3 Å². The van der Waals surface area contributed by atoms with Crippen LogP contribution in [0.2, 0.25) is 10.0 Å². The summed E-state index contributed by atoms with van der Waals surface area (Å²) < 4.78 is 42.9. The molecule has 1 aromatic heterocycles. The van der Waals surface area contributed by atoms with Crippen molar-refractivity contribution in [3.63, 3.8) is 0 Å². The van der Waals surface area contributed by atoms with E-state index in [1.54, 1.807) is 35.9 Å². The molecule has 4 aromatic rings. The predicted octanol–water partition coefficient (Wildman–Crippen LogP) is 4.93. The van der Waals surface area contributed by atoms with Crippen molar-refractivity contribution in [1.82, 2.24) is 9.78 Å². The highest BCUT2D eigenvalue weighted by atomic mass is 35.5. The summed E-state index contributed by atoms with van der Waals surface area (Å²) in [6, 6.07) is 13.3. The van der Waals surface area contributed by atoms with E-state index in [2.05, 4.69) is 9.82 Å². The molecule has 0 saturated heterocycles. The molecule has 0 aliphatic rings. The molecule has 0 bridgehead atoms. The first-order valence-corrected chi connectivity index (χ1v) is 11.3. The first kappa shape index (κ1) is 21.4. The number of aromatic nitrogens is 2. The van der Waals surface area contributed by atoms with E-state index in [0.717, 1.165) is 0 Å². The van der Waals surface area contributed by atoms with Crippen molar-refractivity contribution in [3.05, 3.63) is 91.9 Å². The number of hydrogen-bond donors (Lipinski definition) is 2. The van der Waals surface area contributed by atoms with Crippen molar-refractivity contribution in [2.45, 2.75) is 18.4 Å². The number of fused-ring (bicyclic) bond motifs is 1. The maximum atomic E-state index is 13.3. The van der Waals surface area contributed by atoms with Crippen LogP contribution in [0.1, 0.15) is 11.1 Å². The summed E-state index contributed by atoms with van der Waals surface area (Å²) in [6.07, 6.45) is 0. The highest BCUT2D eigenvalue weighted by molar-refractivity contribution is 7.92. The van der Waals surface area contributed by atoms with Gasteiger partial charge in [-0.15, -0.1) is 0 Å². The number of anilines is 1. The minimum atomic E-state index is -3.91. The third-order valence-corrected chi connectivity index (χ3v) is 7.16. The highest BCUT2D eigenvalue weighted by Gasteiger charge is 2.19. The number of halogens is 3. The Morgan fingerprint density at radius 3 is 2.58 bits per heavy atom. The lowest BCUT2D eigenvalue weighted by Crippen LogP contribution is -2.14. The van der Waals surface area contributed by atoms with Crippen LogP contribution in [0.15, 0.2) is 64.3 Å². The van der Waals surface area contributed by atoms with Gasteiger partial charge in [0.25, 0.3) is 15.6 Å². The lowest BCUT2D eigenvalue weighted by Gasteiger charge is -2.11. The van der Waals surface area contributed by atoms with Crippen LogP contribution in [-0.4, -0.2) is 18.2 Å². The van der Waals surface area contributed by atoms with Crippen LogP contribution in [-0.2, 0) is 16.6 Å². The molecular formula is C21H16Cl2FN3O3S. The first-order chi connectivity index (χ1) is 14.7. The lowest BCUT2D eigenvalue weighted by molar-refractivity contribution is 0.600. The summed E-state index contributed by atoms with van der Waals surface area (Å²) in [4.78, 5) is 12.5. The van der Waals surface area contributed by atoms with Gasteiger partial charge in [0.2, 0.25) is 0 Å². The molecule has 10 heteroatoms. The quantitative estimate of drug-likeness (QED) is 0.425. The summed E-state index contributed by atoms with van der Waals surface area (Å²) in [5.74, 6) is -0.452. The average Bonchev–Trinajstić information content (AvgIpc) is 3.01. The normalized spacial score (nSPS) is 11.7. The molecule has 3 aromatic carbocycles. The molecule has 0 aliphatic heterocycles. The van der Waals surface area contributed by atoms with Crippen LogP contribution >= 0.6 is 23.2 Å². The lowest BCUT2D eigenvalue weighted by atomic mass is 10.2. The molecule has 0 atom stereocenters. The molecule has 31 heavy (non-hydrogen) atoms. The van der Waals surface area contributed by atoms with Crippen LogP contribution in [0.4, 0.5) is 10.1 Å². The van der Waals surface area contributed by atoms with Gasteiger partial charge in [0, 0.05) is 15.7 Å². The molecule has 0 saturated carbocycles. The van der Waals surface area contributed by atoms with Gasteiger partial charge in [-0.05, 0) is 60.5 Å². The number of benzene rings is 3. The summed E-state index contributed by atoms with van der Waals surface area (Å²) >= 11 is 12.1. The number of hydrogen-bond acceptors (Lipinski definition) is 3. The molecular weight excluding hydrogens is 464 g/mol. The molecule has 0 amide bonds. The van der Waals surface area contributed by atoms with Gasteiger partial charge in [0.1, 0.15) is 5.82 Å². The van der Waals surface area contributed by atoms with Crippen molar-refractivity contribution >= 4 is 49.8 Å². The number of H-pyrrole nitrogens is 1. The topological polar surface area (TPSA) is 84.0 Å². The Morgan fingerprint density at radius 2 is 1.84 bits per heavy atom. The fourth-order valence-corrected chi connectivity index (χ4v) is 5.07. The van der Waals surface area contributed by atoms with E-state index >= 15 is 0 Å². The van der Waals surface area contributed by atoms with Gasteiger partial charge in [-0.3, -0.25) is 19.3 Å². The van der Waals surface area contributed by atoms with Crippen LogP contribution in [0, 0.1) is 12.7 Å². The van der Waals surface area contributed by atoms with Crippen molar-refractivity contribution in [2.24, 2.45) is 0 Å². The van der Waals surface area contributed by atoms with E-state index < -0.39 is 21.4 Å². The fourth-order valence-electron chi connectivity index (χ4n) is 3.29. The van der Waals surface area contributed by atoms with E-state index in [9.17, 15) is 17.6 Å². The van der Waals surface area contributed by atoms with E-state index in [0.29, 0.717) is 27.1 Å². The maximum Gasteiger partial charge on any atom is 0.272 e. The van der Waals surface area contributed by atoms with E-state index in [1.165, 1.54) is 30.3 Å². The predicted molar refractivity (Wildman–Crippen MR) is 120 cm³/mol. The Balaban J connectivity index is 1.68. The maximum absolute atomic E-state index is 13.3. The Kier molecular flexibility index (Phi) is 5.55. The Bertz CT molecular complexity index is 1480. The van der Waals surface area contributed by atoms with Gasteiger partial charge in [0.15, 0.2) is 0 Å². The molecule has 0 fully saturated rings. The molecule has 0 spiro atoms. The van der Waals surface area contributed by atoms with Crippen LogP contribution in [0.25, 0.3) is 10.9 Å². The molecule has 2 N–H and O–H groups in total. The summed E-state index contributed by atoms with van der Waals surface area (Å²) in [6.45, 7) is 1.83. The Morgan fingerprint density at radius 1 is 1.06 bits per heavy atom. The number of aromatic amines is 1. The molecule has 1 heterocycles. The number of sulfonamides is 1. The second-order valence-corrected chi connectivity index (χ2v) is 9.43. The zero-order valence-corrected chi connectivity index (χ0v) is 18.4. The number of rotatable bonds is 5. The molecule has 0 aliphatic carbocycles. The molecule has 6 nitrogen and oxygen atoms in total. The smallest absolute Gasteiger partial charge is 0.272 e. The van der Waals surface area contributed by atoms with Crippen molar-refractivity contribution in [1.29, 1.82) is 0 Å². The zero-order valence-electron chi connectivity index (χ0n) is 16.1. The van der Waals surface area contributed by atoms with E-state index in [4.69, 9.17) is 23.2 Å². The SMILES string of the molecule is Cc1c(Cl)cccc1S(=O)(=O)Nc1ccc2c(c1)c(=O)[nH]n2Cc1ccc(F)cc1Cl.